The molecule has 0 atom stereocenters. The van der Waals surface area contributed by atoms with E-state index in [0.717, 1.165) is 16.5 Å². The van der Waals surface area contributed by atoms with Crippen LogP contribution in [0, 0.1) is 0 Å². The predicted octanol–water partition coefficient (Wildman–Crippen LogP) is 5.22. The molecule has 2 N–H and O–H groups in total. The lowest BCUT2D eigenvalue weighted by Crippen LogP contribution is -2.11. The summed E-state index contributed by atoms with van der Waals surface area (Å²) in [6.07, 6.45) is 0. The van der Waals surface area contributed by atoms with Crippen molar-refractivity contribution in [1.82, 2.24) is 0 Å². The lowest BCUT2D eigenvalue weighted by Gasteiger charge is -2.08. The van der Waals surface area contributed by atoms with Gasteiger partial charge in [0, 0.05) is 23.7 Å². The number of rotatable bonds is 6. The summed E-state index contributed by atoms with van der Waals surface area (Å²) in [5.74, 6) is 0.987. The van der Waals surface area contributed by atoms with Gasteiger partial charge in [-0.05, 0) is 47.9 Å². The number of anilines is 2. The van der Waals surface area contributed by atoms with E-state index in [2.05, 4.69) is 10.6 Å². The molecule has 0 aliphatic heterocycles. The van der Waals surface area contributed by atoms with Gasteiger partial charge < -0.3 is 19.8 Å². The monoisotopic (exact) mass is 400 g/mol. The Morgan fingerprint density at radius 2 is 1.53 bits per heavy atom. The maximum atomic E-state index is 12.4. The van der Waals surface area contributed by atoms with Crippen molar-refractivity contribution in [3.05, 3.63) is 90.4 Å². The third kappa shape index (κ3) is 4.50. The first-order valence-corrected chi connectivity index (χ1v) is 9.47. The molecule has 6 heteroatoms. The van der Waals surface area contributed by atoms with E-state index in [-0.39, 0.29) is 24.2 Å². The molecule has 0 saturated heterocycles. The highest BCUT2D eigenvalue weighted by Crippen LogP contribution is 2.26. The first-order chi connectivity index (χ1) is 14.6. The predicted molar refractivity (Wildman–Crippen MR) is 116 cm³/mol. The maximum absolute atomic E-state index is 12.4. The quantitative estimate of drug-likeness (QED) is 0.465. The maximum Gasteiger partial charge on any atom is 0.291 e. The van der Waals surface area contributed by atoms with Crippen LogP contribution in [0.5, 0.6) is 5.75 Å². The second-order valence-corrected chi connectivity index (χ2v) is 6.74. The molecule has 3 aromatic carbocycles. The van der Waals surface area contributed by atoms with Gasteiger partial charge in [0.25, 0.3) is 5.91 Å². The Labute approximate surface area is 173 Å². The van der Waals surface area contributed by atoms with Crippen molar-refractivity contribution < 1.29 is 18.7 Å². The minimum atomic E-state index is -0.362. The lowest BCUT2D eigenvalue weighted by molar-refractivity contribution is -0.114. The third-order valence-corrected chi connectivity index (χ3v) is 4.47. The Hall–Kier alpha value is -4.06. The molecule has 4 rings (SSSR count). The summed E-state index contributed by atoms with van der Waals surface area (Å²) in [5, 5.41) is 7.56. The third-order valence-electron chi connectivity index (χ3n) is 4.47. The number of carbonyl (C=O) groups excluding carboxylic acids is 2. The molecule has 4 aromatic rings. The number of furan rings is 1. The van der Waals surface area contributed by atoms with Crippen LogP contribution in [0.2, 0.25) is 0 Å². The molecular formula is C24H20N2O4. The number of ether oxygens (including phenoxy) is 1. The summed E-state index contributed by atoms with van der Waals surface area (Å²) in [6.45, 7) is 1.65. The van der Waals surface area contributed by atoms with Crippen molar-refractivity contribution in [3.63, 3.8) is 0 Å². The number of hydrogen-bond acceptors (Lipinski definition) is 4. The number of benzene rings is 3. The zero-order valence-corrected chi connectivity index (χ0v) is 16.3. The summed E-state index contributed by atoms with van der Waals surface area (Å²) in [6, 6.07) is 24.0. The Morgan fingerprint density at radius 1 is 0.833 bits per heavy atom. The van der Waals surface area contributed by atoms with Gasteiger partial charge in [0.15, 0.2) is 5.76 Å². The van der Waals surface area contributed by atoms with Gasteiger partial charge in [0.1, 0.15) is 18.1 Å². The minimum Gasteiger partial charge on any atom is -0.485 e. The van der Waals surface area contributed by atoms with Gasteiger partial charge in [-0.25, -0.2) is 0 Å². The van der Waals surface area contributed by atoms with Crippen LogP contribution in [0.3, 0.4) is 0 Å². The fourth-order valence-electron chi connectivity index (χ4n) is 3.08. The highest BCUT2D eigenvalue weighted by Gasteiger charge is 2.12. The van der Waals surface area contributed by atoms with Crippen LogP contribution in [-0.2, 0) is 11.4 Å². The summed E-state index contributed by atoms with van der Waals surface area (Å²) >= 11 is 0. The van der Waals surface area contributed by atoms with Crippen LogP contribution in [-0.4, -0.2) is 11.8 Å². The highest BCUT2D eigenvalue weighted by molar-refractivity contribution is 6.02. The molecule has 1 heterocycles. The minimum absolute atomic E-state index is 0.152. The van der Waals surface area contributed by atoms with E-state index >= 15 is 0 Å². The molecular weight excluding hydrogens is 380 g/mol. The van der Waals surface area contributed by atoms with Gasteiger partial charge in [0.05, 0.1) is 0 Å². The van der Waals surface area contributed by atoms with Crippen LogP contribution < -0.4 is 15.4 Å². The van der Waals surface area contributed by atoms with Gasteiger partial charge >= 0.3 is 0 Å². The smallest absolute Gasteiger partial charge is 0.291 e. The van der Waals surface area contributed by atoms with E-state index in [0.29, 0.717) is 17.1 Å². The standard InChI is InChI=1S/C24H20N2O4/c1-16(27)25-18-9-11-19(12-10-18)26-24(28)23-14-13-20(30-23)15-29-22-8-4-6-17-5-2-3-7-21(17)22/h2-14H,15H2,1H3,(H,25,27)(H,26,28). The highest BCUT2D eigenvalue weighted by atomic mass is 16.5. The summed E-state index contributed by atoms with van der Waals surface area (Å²) in [7, 11) is 0. The molecule has 150 valence electrons. The first kappa shape index (κ1) is 19.3. The van der Waals surface area contributed by atoms with Crippen LogP contribution in [0.1, 0.15) is 23.2 Å². The Kier molecular flexibility index (Phi) is 5.48. The Bertz CT molecular complexity index is 1190. The van der Waals surface area contributed by atoms with Gasteiger partial charge in [-0.15, -0.1) is 0 Å². The number of hydrogen-bond donors (Lipinski definition) is 2. The second-order valence-electron chi connectivity index (χ2n) is 6.74. The number of amides is 2. The molecule has 0 aliphatic rings. The molecule has 6 nitrogen and oxygen atoms in total. The molecule has 0 saturated carbocycles. The van der Waals surface area contributed by atoms with Crippen molar-refractivity contribution in [2.45, 2.75) is 13.5 Å². The van der Waals surface area contributed by atoms with E-state index in [4.69, 9.17) is 9.15 Å². The van der Waals surface area contributed by atoms with Crippen molar-refractivity contribution in [3.8, 4) is 5.75 Å². The van der Waals surface area contributed by atoms with E-state index in [1.807, 2.05) is 42.5 Å². The molecule has 0 bridgehead atoms. The number of nitrogens with one attached hydrogen (secondary N) is 2. The fourth-order valence-corrected chi connectivity index (χ4v) is 3.08. The molecule has 0 spiro atoms. The fraction of sp³-hybridized carbons (Fsp3) is 0.0833. The normalized spacial score (nSPS) is 10.6. The second kappa shape index (κ2) is 8.53. The molecule has 0 radical (unpaired) electrons. The van der Waals surface area contributed by atoms with Gasteiger partial charge in [0.2, 0.25) is 5.91 Å². The SMILES string of the molecule is CC(=O)Nc1ccc(NC(=O)c2ccc(COc3cccc4ccccc34)o2)cc1. The molecule has 0 fully saturated rings. The van der Waals surface area contributed by atoms with E-state index in [1.54, 1.807) is 36.4 Å². The summed E-state index contributed by atoms with van der Waals surface area (Å²) in [5.41, 5.74) is 1.26. The largest absolute Gasteiger partial charge is 0.485 e. The summed E-state index contributed by atoms with van der Waals surface area (Å²) < 4.78 is 11.5. The van der Waals surface area contributed by atoms with Crippen LogP contribution >= 0.6 is 0 Å². The summed E-state index contributed by atoms with van der Waals surface area (Å²) in [4.78, 5) is 23.5. The average Bonchev–Trinajstić information content (AvgIpc) is 3.22. The molecule has 0 aliphatic carbocycles. The van der Waals surface area contributed by atoms with E-state index in [9.17, 15) is 9.59 Å². The van der Waals surface area contributed by atoms with Crippen LogP contribution in [0.4, 0.5) is 11.4 Å². The van der Waals surface area contributed by atoms with Crippen molar-refractivity contribution in [2.75, 3.05) is 10.6 Å². The average molecular weight is 400 g/mol. The molecule has 0 unspecified atom stereocenters. The van der Waals surface area contributed by atoms with E-state index in [1.165, 1.54) is 6.92 Å². The van der Waals surface area contributed by atoms with Gasteiger partial charge in [-0.2, -0.15) is 0 Å². The molecule has 30 heavy (non-hydrogen) atoms. The van der Waals surface area contributed by atoms with Crippen molar-refractivity contribution in [1.29, 1.82) is 0 Å². The Morgan fingerprint density at radius 3 is 2.30 bits per heavy atom. The zero-order valence-electron chi connectivity index (χ0n) is 16.3. The first-order valence-electron chi connectivity index (χ1n) is 9.47. The topological polar surface area (TPSA) is 80.6 Å². The molecule has 2 amide bonds. The van der Waals surface area contributed by atoms with Crippen molar-refractivity contribution >= 4 is 34.0 Å². The van der Waals surface area contributed by atoms with Crippen LogP contribution in [0.15, 0.2) is 83.3 Å². The zero-order chi connectivity index (χ0) is 20.9. The lowest BCUT2D eigenvalue weighted by atomic mass is 10.1. The molecule has 1 aromatic heterocycles. The van der Waals surface area contributed by atoms with Crippen molar-refractivity contribution in [2.24, 2.45) is 0 Å². The number of carbonyl (C=O) groups is 2. The number of fused-ring (bicyclic) bond motifs is 1. The van der Waals surface area contributed by atoms with E-state index < -0.39 is 0 Å². The Balaban J connectivity index is 1.38. The van der Waals surface area contributed by atoms with Gasteiger partial charge in [-0.1, -0.05) is 36.4 Å². The van der Waals surface area contributed by atoms with Crippen LogP contribution in [0.25, 0.3) is 10.8 Å². The van der Waals surface area contributed by atoms with Gasteiger partial charge in [-0.3, -0.25) is 9.59 Å².